The maximum absolute atomic E-state index is 10.7. The summed E-state index contributed by atoms with van der Waals surface area (Å²) in [7, 11) is 0. The molecule has 6 heteroatoms. The molecule has 1 N–H and O–H groups in total. The van der Waals surface area contributed by atoms with E-state index in [1.807, 2.05) is 13.0 Å². The third kappa shape index (κ3) is 3.51. The van der Waals surface area contributed by atoms with Crippen molar-refractivity contribution < 1.29 is 14.8 Å². The Balaban J connectivity index is 2.33. The number of hydrogen-bond acceptors (Lipinski definition) is 4. The molecule has 2 rings (SSSR count). The predicted molar refractivity (Wildman–Crippen MR) is 79.9 cm³/mol. The second kappa shape index (κ2) is 6.56. The molecular formula is C15H14ClNO4. The Hall–Kier alpha value is -2.11. The highest BCUT2D eigenvalue weighted by atomic mass is 35.5. The fourth-order valence-electron chi connectivity index (χ4n) is 1.92. The first-order valence-electron chi connectivity index (χ1n) is 6.39. The topological polar surface area (TPSA) is 72.6 Å². The van der Waals surface area contributed by atoms with E-state index in [-0.39, 0.29) is 12.3 Å². The summed E-state index contributed by atoms with van der Waals surface area (Å²) in [5, 5.41) is 20.7. The molecule has 0 radical (unpaired) electrons. The van der Waals surface area contributed by atoms with Crippen LogP contribution in [0.3, 0.4) is 0 Å². The number of non-ortho nitro benzene ring substituents is 1. The lowest BCUT2D eigenvalue weighted by molar-refractivity contribution is -0.385. The molecule has 0 fully saturated rings. The van der Waals surface area contributed by atoms with Crippen LogP contribution >= 0.6 is 11.6 Å². The van der Waals surface area contributed by atoms with Crippen LogP contribution in [-0.2, 0) is 13.0 Å². The Bertz CT molecular complexity index is 673. The van der Waals surface area contributed by atoms with E-state index in [2.05, 4.69) is 0 Å². The van der Waals surface area contributed by atoms with E-state index >= 15 is 0 Å². The number of nitro benzene ring substituents is 1. The van der Waals surface area contributed by atoms with Gasteiger partial charge in [0.15, 0.2) is 0 Å². The van der Waals surface area contributed by atoms with Gasteiger partial charge < -0.3 is 9.84 Å². The molecule has 0 saturated carbocycles. The van der Waals surface area contributed by atoms with Gasteiger partial charge in [0.05, 0.1) is 11.5 Å². The van der Waals surface area contributed by atoms with Gasteiger partial charge in [-0.05, 0) is 36.2 Å². The number of aliphatic hydroxyl groups is 1. The van der Waals surface area contributed by atoms with Crippen LogP contribution in [0.15, 0.2) is 36.4 Å². The first-order valence-corrected chi connectivity index (χ1v) is 6.77. The lowest BCUT2D eigenvalue weighted by Crippen LogP contribution is -1.95. The maximum Gasteiger partial charge on any atom is 0.270 e. The van der Waals surface area contributed by atoms with Gasteiger partial charge in [0, 0.05) is 22.7 Å². The molecule has 0 amide bonds. The quantitative estimate of drug-likeness (QED) is 0.667. The molecule has 2 aromatic carbocycles. The van der Waals surface area contributed by atoms with Crippen LogP contribution in [0.25, 0.3) is 0 Å². The van der Waals surface area contributed by atoms with Crippen molar-refractivity contribution in [3.63, 3.8) is 0 Å². The monoisotopic (exact) mass is 307 g/mol. The van der Waals surface area contributed by atoms with E-state index in [0.29, 0.717) is 22.1 Å². The maximum atomic E-state index is 10.7. The van der Waals surface area contributed by atoms with Crippen molar-refractivity contribution in [3.8, 4) is 11.5 Å². The average molecular weight is 308 g/mol. The van der Waals surface area contributed by atoms with Crippen molar-refractivity contribution in [2.75, 3.05) is 0 Å². The lowest BCUT2D eigenvalue weighted by atomic mass is 10.1. The van der Waals surface area contributed by atoms with Gasteiger partial charge in [0.25, 0.3) is 5.69 Å². The van der Waals surface area contributed by atoms with Crippen molar-refractivity contribution in [3.05, 3.63) is 62.7 Å². The third-order valence-electron chi connectivity index (χ3n) is 3.05. The molecule has 0 heterocycles. The first-order chi connectivity index (χ1) is 10.0. The molecule has 0 saturated heterocycles. The Morgan fingerprint density at radius 2 is 2.00 bits per heavy atom. The second-order valence-electron chi connectivity index (χ2n) is 4.42. The highest BCUT2D eigenvalue weighted by Gasteiger charge is 2.12. The number of benzene rings is 2. The Morgan fingerprint density at radius 3 is 2.62 bits per heavy atom. The van der Waals surface area contributed by atoms with Gasteiger partial charge in [-0.2, -0.15) is 0 Å². The van der Waals surface area contributed by atoms with E-state index in [1.165, 1.54) is 18.2 Å². The van der Waals surface area contributed by atoms with Gasteiger partial charge in [0.2, 0.25) is 0 Å². The van der Waals surface area contributed by atoms with Gasteiger partial charge in [-0.1, -0.05) is 18.5 Å². The van der Waals surface area contributed by atoms with Crippen LogP contribution in [0.1, 0.15) is 18.1 Å². The van der Waals surface area contributed by atoms with Crippen molar-refractivity contribution >= 4 is 17.3 Å². The molecule has 0 spiro atoms. The van der Waals surface area contributed by atoms with Gasteiger partial charge in [-0.25, -0.2) is 0 Å². The largest absolute Gasteiger partial charge is 0.457 e. The van der Waals surface area contributed by atoms with Crippen LogP contribution in [0.5, 0.6) is 11.5 Å². The molecule has 0 unspecified atom stereocenters. The number of nitro groups is 1. The number of ether oxygens (including phenoxy) is 1. The fraction of sp³-hybridized carbons (Fsp3) is 0.200. The van der Waals surface area contributed by atoms with E-state index < -0.39 is 4.92 Å². The summed E-state index contributed by atoms with van der Waals surface area (Å²) >= 11 is 6.04. The molecule has 0 aliphatic rings. The second-order valence-corrected chi connectivity index (χ2v) is 4.82. The van der Waals surface area contributed by atoms with E-state index in [9.17, 15) is 15.2 Å². The van der Waals surface area contributed by atoms with E-state index in [1.54, 1.807) is 12.1 Å². The summed E-state index contributed by atoms with van der Waals surface area (Å²) in [6.07, 6.45) is 0.767. The molecule has 0 aliphatic carbocycles. The lowest BCUT2D eigenvalue weighted by Gasteiger charge is -2.11. The normalized spacial score (nSPS) is 10.4. The minimum absolute atomic E-state index is 0.0863. The SMILES string of the molecule is CCc1cc(Oc2ccc([N+](=O)[O-])cc2CO)ccc1Cl. The van der Waals surface area contributed by atoms with E-state index in [4.69, 9.17) is 16.3 Å². The predicted octanol–water partition coefficient (Wildman–Crippen LogP) is 4.10. The van der Waals surface area contributed by atoms with Gasteiger partial charge in [-0.15, -0.1) is 0 Å². The summed E-state index contributed by atoms with van der Waals surface area (Å²) in [5.41, 5.74) is 1.22. The smallest absolute Gasteiger partial charge is 0.270 e. The summed E-state index contributed by atoms with van der Waals surface area (Å²) in [4.78, 5) is 10.2. The minimum atomic E-state index is -0.513. The molecule has 21 heavy (non-hydrogen) atoms. The zero-order valence-electron chi connectivity index (χ0n) is 11.4. The molecule has 2 aromatic rings. The van der Waals surface area contributed by atoms with Crippen LogP contribution in [0.2, 0.25) is 5.02 Å². The standard InChI is InChI=1S/C15H14ClNO4/c1-2-10-8-13(4-5-14(10)16)21-15-6-3-12(17(19)20)7-11(15)9-18/h3-8,18H,2,9H2,1H3. The summed E-state index contributed by atoms with van der Waals surface area (Å²) in [5.74, 6) is 0.951. The van der Waals surface area contributed by atoms with Crippen molar-refractivity contribution in [1.29, 1.82) is 0 Å². The van der Waals surface area contributed by atoms with Crippen molar-refractivity contribution in [2.45, 2.75) is 20.0 Å². The molecule has 5 nitrogen and oxygen atoms in total. The zero-order valence-corrected chi connectivity index (χ0v) is 12.1. The molecule has 110 valence electrons. The fourth-order valence-corrected chi connectivity index (χ4v) is 2.17. The molecule has 0 atom stereocenters. The molecule has 0 aromatic heterocycles. The Kier molecular flexibility index (Phi) is 4.77. The Labute approximate surface area is 126 Å². The van der Waals surface area contributed by atoms with Crippen molar-refractivity contribution in [1.82, 2.24) is 0 Å². The van der Waals surface area contributed by atoms with Crippen LogP contribution in [0, 0.1) is 10.1 Å². The summed E-state index contributed by atoms with van der Waals surface area (Å²) < 4.78 is 5.69. The first kappa shape index (κ1) is 15.3. The van der Waals surface area contributed by atoms with Crippen LogP contribution < -0.4 is 4.74 Å². The van der Waals surface area contributed by atoms with Gasteiger partial charge in [-0.3, -0.25) is 10.1 Å². The van der Waals surface area contributed by atoms with E-state index in [0.717, 1.165) is 12.0 Å². The highest BCUT2D eigenvalue weighted by molar-refractivity contribution is 6.31. The minimum Gasteiger partial charge on any atom is -0.457 e. The number of halogens is 1. The number of aliphatic hydroxyl groups excluding tert-OH is 1. The number of aryl methyl sites for hydroxylation is 1. The summed E-state index contributed by atoms with van der Waals surface area (Å²) in [6, 6.07) is 9.37. The van der Waals surface area contributed by atoms with Crippen LogP contribution in [0.4, 0.5) is 5.69 Å². The highest BCUT2D eigenvalue weighted by Crippen LogP contribution is 2.31. The average Bonchev–Trinajstić information content (AvgIpc) is 2.49. The number of rotatable bonds is 5. The Morgan fingerprint density at radius 1 is 1.24 bits per heavy atom. The molecular weight excluding hydrogens is 294 g/mol. The summed E-state index contributed by atoms with van der Waals surface area (Å²) in [6.45, 7) is 1.64. The number of nitrogens with zero attached hydrogens (tertiary/aromatic N) is 1. The van der Waals surface area contributed by atoms with Crippen molar-refractivity contribution in [2.24, 2.45) is 0 Å². The third-order valence-corrected chi connectivity index (χ3v) is 3.42. The van der Waals surface area contributed by atoms with Gasteiger partial charge >= 0.3 is 0 Å². The zero-order chi connectivity index (χ0) is 15.4. The molecule has 0 bridgehead atoms. The van der Waals surface area contributed by atoms with Gasteiger partial charge in [0.1, 0.15) is 11.5 Å². The van der Waals surface area contributed by atoms with Crippen LogP contribution in [-0.4, -0.2) is 10.0 Å². The molecule has 0 aliphatic heterocycles. The number of hydrogen-bond donors (Lipinski definition) is 1.